The van der Waals surface area contributed by atoms with Gasteiger partial charge in [0.15, 0.2) is 5.82 Å². The van der Waals surface area contributed by atoms with E-state index in [9.17, 15) is 0 Å². The molecule has 0 N–H and O–H groups in total. The van der Waals surface area contributed by atoms with Crippen LogP contribution >= 0.6 is 0 Å². The zero-order valence-electron chi connectivity index (χ0n) is 22.1. The molecule has 41 heavy (non-hydrogen) atoms. The molecule has 0 atom stereocenters. The van der Waals surface area contributed by atoms with E-state index in [0.717, 1.165) is 33.7 Å². The van der Waals surface area contributed by atoms with Gasteiger partial charge in [0.25, 0.3) is 0 Å². The molecule has 1 aliphatic carbocycles. The summed E-state index contributed by atoms with van der Waals surface area (Å²) >= 11 is 0. The lowest BCUT2D eigenvalue weighted by molar-refractivity contribution is 1.18. The monoisotopic (exact) mass is 521 g/mol. The van der Waals surface area contributed by atoms with Crippen LogP contribution in [0.3, 0.4) is 0 Å². The van der Waals surface area contributed by atoms with Crippen LogP contribution in [0, 0.1) is 0 Å². The predicted molar refractivity (Wildman–Crippen MR) is 169 cm³/mol. The first-order valence-corrected chi connectivity index (χ1v) is 13.9. The Labute approximate surface area is 237 Å². The van der Waals surface area contributed by atoms with Gasteiger partial charge in [-0.15, -0.1) is 0 Å². The van der Waals surface area contributed by atoms with Crippen LogP contribution in [0.1, 0.15) is 0 Å². The maximum absolute atomic E-state index is 5.10. The van der Waals surface area contributed by atoms with Gasteiger partial charge in [0, 0.05) is 33.0 Å². The molecule has 8 aromatic rings. The van der Waals surface area contributed by atoms with E-state index in [4.69, 9.17) is 9.97 Å². The minimum atomic E-state index is 0.756. The highest BCUT2D eigenvalue weighted by molar-refractivity contribution is 6.16. The molecule has 0 saturated heterocycles. The first kappa shape index (κ1) is 22.3. The summed E-state index contributed by atoms with van der Waals surface area (Å²) in [6.07, 6.45) is 0. The molecule has 0 bridgehead atoms. The van der Waals surface area contributed by atoms with Gasteiger partial charge in [0.1, 0.15) is 0 Å². The molecular formula is C38H23N3. The summed E-state index contributed by atoms with van der Waals surface area (Å²) in [5, 5.41) is 3.66. The fraction of sp³-hybridized carbons (Fsp3) is 0. The summed E-state index contributed by atoms with van der Waals surface area (Å²) in [5.41, 5.74) is 12.6. The Balaban J connectivity index is 1.20. The number of benzene rings is 6. The molecule has 0 unspecified atom stereocenters. The van der Waals surface area contributed by atoms with Gasteiger partial charge >= 0.3 is 0 Å². The quantitative estimate of drug-likeness (QED) is 0.232. The molecule has 190 valence electrons. The lowest BCUT2D eigenvalue weighted by atomic mass is 9.98. The van der Waals surface area contributed by atoms with Crippen molar-refractivity contribution in [2.75, 3.05) is 0 Å². The summed E-state index contributed by atoms with van der Waals surface area (Å²) in [4.78, 5) is 10.1. The molecule has 0 spiro atoms. The minimum Gasteiger partial charge on any atom is -0.309 e. The first-order chi connectivity index (χ1) is 20.3. The maximum Gasteiger partial charge on any atom is 0.160 e. The van der Waals surface area contributed by atoms with E-state index < -0.39 is 0 Å². The summed E-state index contributed by atoms with van der Waals surface area (Å²) in [7, 11) is 0. The first-order valence-electron chi connectivity index (χ1n) is 13.9. The molecule has 9 rings (SSSR count). The predicted octanol–water partition coefficient (Wildman–Crippen LogP) is 9.71. The maximum atomic E-state index is 5.10. The second kappa shape index (κ2) is 8.48. The Morgan fingerprint density at radius 1 is 0.415 bits per heavy atom. The fourth-order valence-corrected chi connectivity index (χ4v) is 6.57. The Hall–Kier alpha value is -5.54. The highest BCUT2D eigenvalue weighted by atomic mass is 15.0. The smallest absolute Gasteiger partial charge is 0.160 e. The molecule has 2 heterocycles. The van der Waals surface area contributed by atoms with Crippen molar-refractivity contribution in [3.05, 3.63) is 140 Å². The Kier molecular flexibility index (Phi) is 4.61. The second-order valence-electron chi connectivity index (χ2n) is 10.6. The normalized spacial score (nSPS) is 11.9. The SMILES string of the molecule is c1ccc(-n2c3ccccc3c3c(-c4ccc(-c5nc6c7c(cccc7n5)-c5ccccc5-6)cc4)cccc32)cc1. The standard InChI is InChI=1S/C38H23N3/c1-2-10-26(11-3-1)41-33-18-7-6-14-31(33)35-27(15-9-19-34(35)41)24-20-22-25(23-21-24)38-39-32-17-8-16-29-28-12-4-5-13-30(28)37(40-38)36(29)32/h1-23H. The largest absolute Gasteiger partial charge is 0.309 e. The zero-order valence-corrected chi connectivity index (χ0v) is 22.1. The van der Waals surface area contributed by atoms with E-state index in [1.165, 1.54) is 49.6 Å². The van der Waals surface area contributed by atoms with Crippen LogP contribution < -0.4 is 0 Å². The third kappa shape index (κ3) is 3.20. The van der Waals surface area contributed by atoms with E-state index in [1.807, 2.05) is 0 Å². The van der Waals surface area contributed by atoms with E-state index >= 15 is 0 Å². The molecular weight excluding hydrogens is 498 g/mol. The minimum absolute atomic E-state index is 0.756. The lowest BCUT2D eigenvalue weighted by Crippen LogP contribution is -1.93. The summed E-state index contributed by atoms with van der Waals surface area (Å²) in [6, 6.07) is 49.5. The molecule has 0 fully saturated rings. The van der Waals surface area contributed by atoms with Gasteiger partial charge in [0.05, 0.1) is 22.2 Å². The van der Waals surface area contributed by atoms with Crippen molar-refractivity contribution in [3.63, 3.8) is 0 Å². The zero-order chi connectivity index (χ0) is 26.9. The van der Waals surface area contributed by atoms with E-state index in [2.05, 4.69) is 144 Å². The van der Waals surface area contributed by atoms with Gasteiger partial charge in [0.2, 0.25) is 0 Å². The highest BCUT2D eigenvalue weighted by Crippen LogP contribution is 2.46. The van der Waals surface area contributed by atoms with Crippen molar-refractivity contribution >= 4 is 32.7 Å². The molecule has 0 amide bonds. The van der Waals surface area contributed by atoms with E-state index in [0.29, 0.717) is 0 Å². The van der Waals surface area contributed by atoms with Crippen LogP contribution in [0.15, 0.2) is 140 Å². The van der Waals surface area contributed by atoms with Crippen LogP contribution in [0.2, 0.25) is 0 Å². The van der Waals surface area contributed by atoms with Gasteiger partial charge in [-0.1, -0.05) is 109 Å². The van der Waals surface area contributed by atoms with Crippen molar-refractivity contribution in [1.82, 2.24) is 14.5 Å². The van der Waals surface area contributed by atoms with Crippen LogP contribution in [0.4, 0.5) is 0 Å². The number of rotatable bonds is 3. The van der Waals surface area contributed by atoms with Gasteiger partial charge < -0.3 is 4.57 Å². The Bertz CT molecular complexity index is 2290. The van der Waals surface area contributed by atoms with Crippen LogP contribution in [-0.2, 0) is 0 Å². The highest BCUT2D eigenvalue weighted by Gasteiger charge is 2.24. The van der Waals surface area contributed by atoms with Crippen LogP contribution in [-0.4, -0.2) is 14.5 Å². The van der Waals surface area contributed by atoms with Crippen molar-refractivity contribution < 1.29 is 0 Å². The van der Waals surface area contributed by atoms with Gasteiger partial charge in [-0.3, -0.25) is 0 Å². The number of hydrogen-bond acceptors (Lipinski definition) is 2. The fourth-order valence-electron chi connectivity index (χ4n) is 6.57. The average molecular weight is 522 g/mol. The number of nitrogens with zero attached hydrogens (tertiary/aromatic N) is 3. The van der Waals surface area contributed by atoms with Crippen molar-refractivity contribution in [2.45, 2.75) is 0 Å². The summed E-state index contributed by atoms with van der Waals surface area (Å²) in [6.45, 7) is 0. The Morgan fingerprint density at radius 3 is 1.95 bits per heavy atom. The van der Waals surface area contributed by atoms with Crippen molar-refractivity contribution in [2.24, 2.45) is 0 Å². The molecule has 2 aromatic heterocycles. The van der Waals surface area contributed by atoms with E-state index in [1.54, 1.807) is 0 Å². The number of fused-ring (bicyclic) bond motifs is 6. The number of para-hydroxylation sites is 2. The lowest BCUT2D eigenvalue weighted by Gasteiger charge is -2.09. The topological polar surface area (TPSA) is 30.7 Å². The molecule has 0 aliphatic heterocycles. The van der Waals surface area contributed by atoms with Crippen LogP contribution in [0.25, 0.3) is 83.3 Å². The molecule has 1 aliphatic rings. The van der Waals surface area contributed by atoms with Crippen molar-refractivity contribution in [1.29, 1.82) is 0 Å². The number of aromatic nitrogens is 3. The van der Waals surface area contributed by atoms with Crippen LogP contribution in [0.5, 0.6) is 0 Å². The van der Waals surface area contributed by atoms with E-state index in [-0.39, 0.29) is 0 Å². The van der Waals surface area contributed by atoms with Gasteiger partial charge in [-0.2, -0.15) is 0 Å². The molecule has 3 nitrogen and oxygen atoms in total. The number of hydrogen-bond donors (Lipinski definition) is 0. The van der Waals surface area contributed by atoms with Gasteiger partial charge in [-0.05, 0) is 52.6 Å². The molecule has 0 radical (unpaired) electrons. The molecule has 3 heteroatoms. The van der Waals surface area contributed by atoms with Gasteiger partial charge in [-0.25, -0.2) is 9.97 Å². The Morgan fingerprint density at radius 2 is 1.07 bits per heavy atom. The average Bonchev–Trinajstić information content (AvgIpc) is 3.56. The van der Waals surface area contributed by atoms with Crippen molar-refractivity contribution in [3.8, 4) is 50.6 Å². The third-order valence-corrected chi connectivity index (χ3v) is 8.36. The third-order valence-electron chi connectivity index (χ3n) is 8.36. The molecule has 6 aromatic carbocycles. The summed E-state index contributed by atoms with van der Waals surface area (Å²) < 4.78 is 2.36. The second-order valence-corrected chi connectivity index (χ2v) is 10.6. The molecule has 0 saturated carbocycles. The summed E-state index contributed by atoms with van der Waals surface area (Å²) in [5.74, 6) is 0.756.